The largest absolute Gasteiger partial charge is 0.444 e. The van der Waals surface area contributed by atoms with Gasteiger partial charge in [0.2, 0.25) is 0 Å². The number of fused-ring (bicyclic) bond motifs is 1. The van der Waals surface area contributed by atoms with Gasteiger partial charge in [0.15, 0.2) is 9.84 Å². The molecule has 0 aliphatic rings. The van der Waals surface area contributed by atoms with Crippen molar-refractivity contribution in [2.75, 3.05) is 12.4 Å². The van der Waals surface area contributed by atoms with E-state index in [9.17, 15) is 13.2 Å². The van der Waals surface area contributed by atoms with E-state index in [0.29, 0.717) is 6.61 Å². The number of hydrogen-bond donors (Lipinski definition) is 1. The number of hydrogen-bond acceptors (Lipinski definition) is 6. The molecule has 6 nitrogen and oxygen atoms in total. The van der Waals surface area contributed by atoms with Crippen LogP contribution in [0, 0.1) is 0 Å². The number of benzene rings is 2. The molecule has 1 amide bonds. The van der Waals surface area contributed by atoms with Crippen molar-refractivity contribution in [2.24, 2.45) is 0 Å². The first-order valence-corrected chi connectivity index (χ1v) is 13.1. The standard InChI is InChI=1S/C24H29NO5S2/c1-24(2,3)30-23(26)25-21(15-29-14-18-7-5-4-6-8-18)17-32(27,28)16-19-9-10-22-20(13-19)11-12-31-22/h4-13,21H,14-17H2,1-3H3,(H,25,26)/t21-/m0/s1. The summed E-state index contributed by atoms with van der Waals surface area (Å²) in [5, 5.41) is 5.67. The number of nitrogens with one attached hydrogen (secondary N) is 1. The van der Waals surface area contributed by atoms with Crippen LogP contribution in [-0.4, -0.2) is 38.5 Å². The van der Waals surface area contributed by atoms with Gasteiger partial charge in [0, 0.05) is 4.70 Å². The third-order valence-electron chi connectivity index (χ3n) is 4.51. The summed E-state index contributed by atoms with van der Waals surface area (Å²) in [7, 11) is -3.52. The lowest BCUT2D eigenvalue weighted by Crippen LogP contribution is -2.45. The van der Waals surface area contributed by atoms with E-state index >= 15 is 0 Å². The first kappa shape index (κ1) is 24.2. The molecule has 0 fully saturated rings. The maximum Gasteiger partial charge on any atom is 0.407 e. The van der Waals surface area contributed by atoms with Crippen LogP contribution in [0.4, 0.5) is 4.79 Å². The predicted octanol–water partition coefficient (Wildman–Crippen LogP) is 4.93. The molecule has 0 aliphatic heterocycles. The third-order valence-corrected chi connectivity index (χ3v) is 7.09. The van der Waals surface area contributed by atoms with Gasteiger partial charge in [0.25, 0.3) is 0 Å². The fraction of sp³-hybridized carbons (Fsp3) is 0.375. The van der Waals surface area contributed by atoms with Crippen LogP contribution >= 0.6 is 11.3 Å². The average molecular weight is 476 g/mol. The quantitative estimate of drug-likeness (QED) is 0.475. The Kier molecular flexibility index (Phi) is 7.92. The second-order valence-corrected chi connectivity index (χ2v) is 11.7. The van der Waals surface area contributed by atoms with Gasteiger partial charge in [0.1, 0.15) is 5.60 Å². The highest BCUT2D eigenvalue weighted by atomic mass is 32.2. The molecule has 0 bridgehead atoms. The summed E-state index contributed by atoms with van der Waals surface area (Å²) >= 11 is 1.62. The molecular formula is C24H29NO5S2. The lowest BCUT2D eigenvalue weighted by Gasteiger charge is -2.23. The molecule has 0 aliphatic carbocycles. The van der Waals surface area contributed by atoms with Crippen LogP contribution in [0.3, 0.4) is 0 Å². The Hall–Kier alpha value is -2.42. The highest BCUT2D eigenvalue weighted by molar-refractivity contribution is 7.90. The molecule has 32 heavy (non-hydrogen) atoms. The van der Waals surface area contributed by atoms with E-state index in [1.807, 2.05) is 60.0 Å². The number of carbonyl (C=O) groups excluding carboxylic acids is 1. The van der Waals surface area contributed by atoms with Crippen LogP contribution in [0.25, 0.3) is 10.1 Å². The highest BCUT2D eigenvalue weighted by Gasteiger charge is 2.25. The van der Waals surface area contributed by atoms with Crippen molar-refractivity contribution >= 4 is 37.4 Å². The van der Waals surface area contributed by atoms with E-state index in [2.05, 4.69) is 5.32 Å². The summed E-state index contributed by atoms with van der Waals surface area (Å²) in [6, 6.07) is 16.5. The van der Waals surface area contributed by atoms with Crippen LogP contribution < -0.4 is 5.32 Å². The molecule has 3 aromatic rings. The minimum Gasteiger partial charge on any atom is -0.444 e. The van der Waals surface area contributed by atoms with Gasteiger partial charge in [-0.05, 0) is 60.9 Å². The van der Waals surface area contributed by atoms with Crippen molar-refractivity contribution in [2.45, 2.75) is 44.8 Å². The van der Waals surface area contributed by atoms with E-state index < -0.39 is 27.6 Å². The number of sulfone groups is 1. The molecule has 0 radical (unpaired) electrons. The van der Waals surface area contributed by atoms with E-state index in [0.717, 1.165) is 21.2 Å². The minimum atomic E-state index is -3.52. The van der Waals surface area contributed by atoms with E-state index in [4.69, 9.17) is 9.47 Å². The van der Waals surface area contributed by atoms with Gasteiger partial charge in [-0.3, -0.25) is 0 Å². The summed E-state index contributed by atoms with van der Waals surface area (Å²) in [4.78, 5) is 12.3. The SMILES string of the molecule is CC(C)(C)OC(=O)N[C@@H](COCc1ccccc1)CS(=O)(=O)Cc1ccc2sccc2c1. The maximum atomic E-state index is 12.9. The molecule has 1 N–H and O–H groups in total. The van der Waals surface area contributed by atoms with Crippen molar-refractivity contribution in [3.8, 4) is 0 Å². The van der Waals surface area contributed by atoms with Gasteiger partial charge in [0.05, 0.1) is 30.8 Å². The van der Waals surface area contributed by atoms with Gasteiger partial charge in [-0.1, -0.05) is 36.4 Å². The van der Waals surface area contributed by atoms with Gasteiger partial charge in [-0.15, -0.1) is 11.3 Å². The Balaban J connectivity index is 1.66. The highest BCUT2D eigenvalue weighted by Crippen LogP contribution is 2.23. The average Bonchev–Trinajstić information content (AvgIpc) is 3.14. The molecule has 1 aromatic heterocycles. The van der Waals surface area contributed by atoms with Gasteiger partial charge in [-0.25, -0.2) is 13.2 Å². The molecule has 0 saturated heterocycles. The number of carbonyl (C=O) groups is 1. The van der Waals surface area contributed by atoms with Gasteiger partial charge < -0.3 is 14.8 Å². The second kappa shape index (κ2) is 10.5. The van der Waals surface area contributed by atoms with Crippen LogP contribution in [0.1, 0.15) is 31.9 Å². The zero-order chi connectivity index (χ0) is 23.2. The number of thiophene rings is 1. The minimum absolute atomic E-state index is 0.0525. The number of amides is 1. The molecule has 0 unspecified atom stereocenters. The molecule has 2 aromatic carbocycles. The van der Waals surface area contributed by atoms with Crippen LogP contribution in [0.15, 0.2) is 60.0 Å². The van der Waals surface area contributed by atoms with E-state index in [1.54, 1.807) is 32.1 Å². The Morgan fingerprint density at radius 1 is 1.06 bits per heavy atom. The van der Waals surface area contributed by atoms with Crippen molar-refractivity contribution in [3.05, 3.63) is 71.1 Å². The number of rotatable bonds is 9. The van der Waals surface area contributed by atoms with Gasteiger partial charge >= 0.3 is 6.09 Å². The topological polar surface area (TPSA) is 81.7 Å². The number of ether oxygens (including phenoxy) is 2. The Morgan fingerprint density at radius 2 is 1.81 bits per heavy atom. The fourth-order valence-electron chi connectivity index (χ4n) is 3.22. The molecule has 0 spiro atoms. The first-order chi connectivity index (χ1) is 15.1. The summed E-state index contributed by atoms with van der Waals surface area (Å²) in [6.07, 6.45) is -0.666. The third kappa shape index (κ3) is 7.93. The van der Waals surface area contributed by atoms with Crippen molar-refractivity contribution in [1.29, 1.82) is 0 Å². The summed E-state index contributed by atoms with van der Waals surface area (Å²) in [5.74, 6) is -0.354. The van der Waals surface area contributed by atoms with Crippen molar-refractivity contribution in [1.82, 2.24) is 5.32 Å². The Morgan fingerprint density at radius 3 is 2.53 bits per heavy atom. The summed E-state index contributed by atoms with van der Waals surface area (Å²) in [5.41, 5.74) is 1.00. The Bertz CT molecular complexity index is 1130. The van der Waals surface area contributed by atoms with E-state index in [1.165, 1.54) is 0 Å². The monoisotopic (exact) mass is 475 g/mol. The smallest absolute Gasteiger partial charge is 0.407 e. The number of alkyl carbamates (subject to hydrolysis) is 1. The lowest BCUT2D eigenvalue weighted by molar-refractivity contribution is 0.0444. The van der Waals surface area contributed by atoms with Crippen LogP contribution in [0.5, 0.6) is 0 Å². The fourth-order valence-corrected chi connectivity index (χ4v) is 5.59. The maximum absolute atomic E-state index is 12.9. The molecule has 0 saturated carbocycles. The molecule has 1 heterocycles. The zero-order valence-corrected chi connectivity index (χ0v) is 20.2. The van der Waals surface area contributed by atoms with Crippen molar-refractivity contribution in [3.63, 3.8) is 0 Å². The molecular weight excluding hydrogens is 446 g/mol. The van der Waals surface area contributed by atoms with Crippen LogP contribution in [-0.2, 0) is 31.7 Å². The molecule has 8 heteroatoms. The normalized spacial score (nSPS) is 13.1. The summed E-state index contributed by atoms with van der Waals surface area (Å²) < 4.78 is 38.0. The molecule has 172 valence electrons. The Labute approximate surface area is 193 Å². The van der Waals surface area contributed by atoms with Gasteiger partial charge in [-0.2, -0.15) is 0 Å². The zero-order valence-electron chi connectivity index (χ0n) is 18.5. The van der Waals surface area contributed by atoms with E-state index in [-0.39, 0.29) is 18.1 Å². The lowest BCUT2D eigenvalue weighted by atomic mass is 10.2. The second-order valence-electron chi connectivity index (χ2n) is 8.69. The molecule has 1 atom stereocenters. The van der Waals surface area contributed by atoms with Crippen LogP contribution in [0.2, 0.25) is 0 Å². The molecule has 3 rings (SSSR count). The summed E-state index contributed by atoms with van der Waals surface area (Å²) in [6.45, 7) is 5.64. The first-order valence-electron chi connectivity index (χ1n) is 10.4. The predicted molar refractivity (Wildman–Crippen MR) is 129 cm³/mol. The van der Waals surface area contributed by atoms with Crippen molar-refractivity contribution < 1.29 is 22.7 Å².